The number of nitrogens with one attached hydrogen (secondary N) is 1. The molecule has 0 unspecified atom stereocenters. The number of hydrogen-bond acceptors (Lipinski definition) is 2. The van der Waals surface area contributed by atoms with Gasteiger partial charge in [-0.1, -0.05) is 11.6 Å². The van der Waals surface area contributed by atoms with Crippen molar-refractivity contribution in [2.45, 2.75) is 19.5 Å². The van der Waals surface area contributed by atoms with Crippen LogP contribution in [0, 0.1) is 6.92 Å². The van der Waals surface area contributed by atoms with Crippen LogP contribution in [-0.4, -0.2) is 23.2 Å². The Labute approximate surface area is 119 Å². The number of hydrogen-bond donors (Lipinski definition) is 2. The van der Waals surface area contributed by atoms with Gasteiger partial charge in [0.25, 0.3) is 6.43 Å². The number of carboxylic acids is 1. The van der Waals surface area contributed by atoms with E-state index >= 15 is 0 Å². The lowest BCUT2D eigenvalue weighted by Gasteiger charge is -2.17. The molecule has 116 valence electrons. The summed E-state index contributed by atoms with van der Waals surface area (Å²) in [6.07, 6.45) is -8.59. The number of carboxylic acid groups (broad SMARTS) is 1. The average molecular weight is 332 g/mol. The minimum absolute atomic E-state index is 0.173. The molecule has 1 rings (SSSR count). The van der Waals surface area contributed by atoms with Crippen molar-refractivity contribution in [1.82, 2.24) is 0 Å². The number of amides is 1. The Bertz CT molecular complexity index is 601. The molecule has 0 saturated carbocycles. The predicted octanol–water partition coefficient (Wildman–Crippen LogP) is 3.79. The highest BCUT2D eigenvalue weighted by Gasteiger charge is 2.40. The van der Waals surface area contributed by atoms with Crippen molar-refractivity contribution in [3.8, 4) is 0 Å². The van der Waals surface area contributed by atoms with E-state index in [1.165, 1.54) is 5.32 Å². The number of aryl methyl sites for hydroxylation is 1. The molecule has 0 fully saturated rings. The van der Waals surface area contributed by atoms with E-state index in [1.807, 2.05) is 0 Å². The summed E-state index contributed by atoms with van der Waals surface area (Å²) in [4.78, 5) is 21.8. The molecule has 0 aliphatic heterocycles. The Kier molecular flexibility index (Phi) is 4.77. The number of aromatic carboxylic acids is 1. The highest BCUT2D eigenvalue weighted by Crippen LogP contribution is 2.38. The zero-order valence-corrected chi connectivity index (χ0v) is 10.9. The van der Waals surface area contributed by atoms with Crippen LogP contribution in [0.25, 0.3) is 0 Å². The molecule has 1 aromatic rings. The van der Waals surface area contributed by atoms with Gasteiger partial charge in [0.2, 0.25) is 0 Å². The fourth-order valence-corrected chi connectivity index (χ4v) is 1.93. The molecule has 0 aliphatic rings. The van der Waals surface area contributed by atoms with Gasteiger partial charge in [-0.2, -0.15) is 13.2 Å². The second-order valence-corrected chi connectivity index (χ2v) is 4.28. The second kappa shape index (κ2) is 5.84. The van der Waals surface area contributed by atoms with Crippen LogP contribution in [0.4, 0.5) is 27.6 Å². The largest absolute Gasteiger partial charge is 0.478 e. The molecule has 0 aliphatic carbocycles. The van der Waals surface area contributed by atoms with Crippen molar-refractivity contribution >= 4 is 29.2 Å². The Morgan fingerprint density at radius 3 is 2.24 bits per heavy atom. The van der Waals surface area contributed by atoms with Gasteiger partial charge < -0.3 is 10.4 Å². The van der Waals surface area contributed by atoms with E-state index in [0.29, 0.717) is 6.07 Å². The smallest absolute Gasteiger partial charge is 0.471 e. The van der Waals surface area contributed by atoms with Gasteiger partial charge in [-0.05, 0) is 18.6 Å². The third-order valence-corrected chi connectivity index (χ3v) is 2.82. The van der Waals surface area contributed by atoms with Crippen LogP contribution in [0.3, 0.4) is 0 Å². The Morgan fingerprint density at radius 1 is 1.33 bits per heavy atom. The SMILES string of the molecule is Cc1cc(C(F)F)c(NC(=O)C(F)(F)F)c(Cl)c1C(=O)O. The lowest BCUT2D eigenvalue weighted by molar-refractivity contribution is -0.167. The highest BCUT2D eigenvalue weighted by molar-refractivity contribution is 6.37. The third kappa shape index (κ3) is 3.60. The summed E-state index contributed by atoms with van der Waals surface area (Å²) in [5.41, 5.74) is -2.91. The van der Waals surface area contributed by atoms with E-state index in [0.717, 1.165) is 6.92 Å². The van der Waals surface area contributed by atoms with Crippen LogP contribution >= 0.6 is 11.6 Å². The Balaban J connectivity index is 3.50. The first kappa shape index (κ1) is 17.2. The van der Waals surface area contributed by atoms with Crippen LogP contribution in [0.15, 0.2) is 6.07 Å². The summed E-state index contributed by atoms with van der Waals surface area (Å²) in [7, 11) is 0. The van der Waals surface area contributed by atoms with Gasteiger partial charge in [0.1, 0.15) is 0 Å². The van der Waals surface area contributed by atoms with Crippen molar-refractivity contribution in [3.05, 3.63) is 27.8 Å². The first-order valence-electron chi connectivity index (χ1n) is 5.19. The zero-order chi connectivity index (χ0) is 16.5. The number of carbonyl (C=O) groups excluding carboxylic acids is 1. The molecule has 2 N–H and O–H groups in total. The van der Waals surface area contributed by atoms with Crippen molar-refractivity contribution in [1.29, 1.82) is 0 Å². The summed E-state index contributed by atoms with van der Waals surface area (Å²) >= 11 is 5.56. The molecule has 0 radical (unpaired) electrons. The number of carbonyl (C=O) groups is 2. The summed E-state index contributed by atoms with van der Waals surface area (Å²) in [5.74, 6) is -4.16. The van der Waals surface area contributed by atoms with Crippen molar-refractivity contribution in [2.75, 3.05) is 5.32 Å². The molecular weight excluding hydrogens is 325 g/mol. The lowest BCUT2D eigenvalue weighted by atomic mass is 10.0. The molecule has 0 heterocycles. The third-order valence-electron chi connectivity index (χ3n) is 2.44. The number of halogens is 6. The van der Waals surface area contributed by atoms with Crippen LogP contribution < -0.4 is 5.32 Å². The molecule has 4 nitrogen and oxygen atoms in total. The average Bonchev–Trinajstić information content (AvgIpc) is 2.30. The molecule has 0 aromatic heterocycles. The molecule has 1 amide bonds. The standard InChI is InChI=1S/C11H7ClF5NO3/c1-3-2-4(8(13)14)7(6(12)5(3)9(19)20)18-10(21)11(15,16)17/h2,8H,1H3,(H,18,21)(H,19,20). The van der Waals surface area contributed by atoms with Crippen LogP contribution in [0.1, 0.15) is 27.9 Å². The summed E-state index contributed by atoms with van der Waals surface area (Å²) in [5, 5.41) is 9.18. The first-order chi connectivity index (χ1) is 9.46. The predicted molar refractivity (Wildman–Crippen MR) is 62.8 cm³/mol. The molecular formula is C11H7ClF5NO3. The fourth-order valence-electron chi connectivity index (χ4n) is 1.55. The number of benzene rings is 1. The minimum Gasteiger partial charge on any atom is -0.478 e. The van der Waals surface area contributed by atoms with E-state index in [1.54, 1.807) is 0 Å². The number of alkyl halides is 5. The normalized spacial score (nSPS) is 11.6. The van der Waals surface area contributed by atoms with E-state index in [-0.39, 0.29) is 5.56 Å². The summed E-state index contributed by atoms with van der Waals surface area (Å²) < 4.78 is 62.2. The maximum absolute atomic E-state index is 12.8. The molecule has 0 bridgehead atoms. The van der Waals surface area contributed by atoms with Crippen LogP contribution in [0.5, 0.6) is 0 Å². The van der Waals surface area contributed by atoms with Gasteiger partial charge in [0.05, 0.1) is 16.3 Å². The molecule has 0 saturated heterocycles. The maximum atomic E-state index is 12.8. The summed E-state index contributed by atoms with van der Waals surface area (Å²) in [6.45, 7) is 1.15. The number of rotatable bonds is 3. The minimum atomic E-state index is -5.34. The lowest BCUT2D eigenvalue weighted by Crippen LogP contribution is -2.30. The molecule has 10 heteroatoms. The van der Waals surface area contributed by atoms with E-state index in [4.69, 9.17) is 16.7 Å². The molecule has 0 spiro atoms. The van der Waals surface area contributed by atoms with Crippen molar-refractivity contribution in [2.24, 2.45) is 0 Å². The molecule has 1 aromatic carbocycles. The van der Waals surface area contributed by atoms with Crippen molar-refractivity contribution < 1.29 is 36.6 Å². The van der Waals surface area contributed by atoms with Crippen LogP contribution in [-0.2, 0) is 4.79 Å². The number of anilines is 1. The first-order valence-corrected chi connectivity index (χ1v) is 5.57. The van der Waals surface area contributed by atoms with Gasteiger partial charge in [-0.15, -0.1) is 0 Å². The Hall–Kier alpha value is -1.90. The van der Waals surface area contributed by atoms with Gasteiger partial charge >= 0.3 is 18.1 Å². The van der Waals surface area contributed by atoms with Gasteiger partial charge in [-0.25, -0.2) is 13.6 Å². The summed E-state index contributed by atoms with van der Waals surface area (Å²) in [6, 6.07) is 0.659. The van der Waals surface area contributed by atoms with E-state index < -0.39 is 46.3 Å². The van der Waals surface area contributed by atoms with Crippen molar-refractivity contribution in [3.63, 3.8) is 0 Å². The van der Waals surface area contributed by atoms with Crippen LogP contribution in [0.2, 0.25) is 5.02 Å². The molecule has 21 heavy (non-hydrogen) atoms. The zero-order valence-electron chi connectivity index (χ0n) is 10.2. The topological polar surface area (TPSA) is 66.4 Å². The van der Waals surface area contributed by atoms with E-state index in [9.17, 15) is 31.5 Å². The second-order valence-electron chi connectivity index (χ2n) is 3.90. The Morgan fingerprint density at radius 2 is 1.86 bits per heavy atom. The maximum Gasteiger partial charge on any atom is 0.471 e. The van der Waals surface area contributed by atoms with Gasteiger partial charge in [0.15, 0.2) is 0 Å². The van der Waals surface area contributed by atoms with Gasteiger partial charge in [0, 0.05) is 5.56 Å². The quantitative estimate of drug-likeness (QED) is 0.828. The monoisotopic (exact) mass is 331 g/mol. The fraction of sp³-hybridized carbons (Fsp3) is 0.273. The van der Waals surface area contributed by atoms with E-state index in [2.05, 4.69) is 0 Å². The highest BCUT2D eigenvalue weighted by atomic mass is 35.5. The van der Waals surface area contributed by atoms with Gasteiger partial charge in [-0.3, -0.25) is 4.79 Å². The molecule has 0 atom stereocenters.